The maximum atomic E-state index is 13.8. The van der Waals surface area contributed by atoms with Crippen LogP contribution in [0.4, 0.5) is 10.1 Å². The molecule has 8 heteroatoms. The van der Waals surface area contributed by atoms with Crippen molar-refractivity contribution in [3.63, 3.8) is 0 Å². The number of nitrogens with one attached hydrogen (secondary N) is 2. The Morgan fingerprint density at radius 2 is 1.88 bits per heavy atom. The van der Waals surface area contributed by atoms with E-state index in [0.29, 0.717) is 0 Å². The van der Waals surface area contributed by atoms with E-state index < -0.39 is 21.7 Å². The number of rotatable bonds is 7. The maximum absolute atomic E-state index is 13.8. The van der Waals surface area contributed by atoms with Crippen LogP contribution in [0.15, 0.2) is 53.4 Å². The Bertz CT molecular complexity index is 810. The van der Waals surface area contributed by atoms with Gasteiger partial charge >= 0.3 is 0 Å². The van der Waals surface area contributed by atoms with Gasteiger partial charge in [-0.2, -0.15) is 0 Å². The van der Waals surface area contributed by atoms with Crippen molar-refractivity contribution in [2.75, 3.05) is 25.0 Å². The van der Waals surface area contributed by atoms with Crippen molar-refractivity contribution in [1.29, 1.82) is 0 Å². The lowest BCUT2D eigenvalue weighted by molar-refractivity contribution is 0.0933. The largest absolute Gasteiger partial charge is 0.383 e. The summed E-state index contributed by atoms with van der Waals surface area (Å²) in [6.45, 7) is 0.502. The van der Waals surface area contributed by atoms with E-state index in [4.69, 9.17) is 4.74 Å². The van der Waals surface area contributed by atoms with Crippen LogP contribution >= 0.6 is 0 Å². The second kappa shape index (κ2) is 7.89. The topological polar surface area (TPSA) is 84.5 Å². The molecule has 0 aromatic heterocycles. The van der Waals surface area contributed by atoms with Crippen LogP contribution in [0.5, 0.6) is 0 Å². The summed E-state index contributed by atoms with van der Waals surface area (Å²) < 4.78 is 45.5. The van der Waals surface area contributed by atoms with Gasteiger partial charge in [0, 0.05) is 19.3 Å². The molecule has 2 N–H and O–H groups in total. The fourth-order valence-corrected chi connectivity index (χ4v) is 3.01. The van der Waals surface area contributed by atoms with Crippen LogP contribution < -0.4 is 10.0 Å². The van der Waals surface area contributed by atoms with Crippen LogP contribution in [0.1, 0.15) is 10.4 Å². The highest BCUT2D eigenvalue weighted by atomic mass is 32.2. The minimum atomic E-state index is -3.81. The van der Waals surface area contributed by atoms with Gasteiger partial charge in [-0.25, -0.2) is 12.8 Å². The zero-order chi connectivity index (χ0) is 17.6. The van der Waals surface area contributed by atoms with Crippen LogP contribution in [-0.2, 0) is 14.8 Å². The molecule has 0 unspecified atom stereocenters. The van der Waals surface area contributed by atoms with Gasteiger partial charge < -0.3 is 10.1 Å². The number of hydrogen-bond donors (Lipinski definition) is 2. The Morgan fingerprint density at radius 1 is 1.17 bits per heavy atom. The number of ether oxygens (including phenoxy) is 1. The molecular weight excluding hydrogens is 335 g/mol. The summed E-state index contributed by atoms with van der Waals surface area (Å²) in [6, 6.07) is 11.2. The summed E-state index contributed by atoms with van der Waals surface area (Å²) in [5.41, 5.74) is -0.156. The van der Waals surface area contributed by atoms with Gasteiger partial charge in [0.1, 0.15) is 5.82 Å². The average Bonchev–Trinajstić information content (AvgIpc) is 2.57. The number of halogens is 1. The van der Waals surface area contributed by atoms with Crippen LogP contribution in [0.25, 0.3) is 0 Å². The zero-order valence-corrected chi connectivity index (χ0v) is 13.8. The Labute approximate surface area is 139 Å². The molecule has 0 atom stereocenters. The van der Waals surface area contributed by atoms with E-state index in [2.05, 4.69) is 10.0 Å². The molecule has 0 saturated heterocycles. The molecule has 0 spiro atoms. The van der Waals surface area contributed by atoms with Gasteiger partial charge in [0.25, 0.3) is 15.9 Å². The molecule has 0 fully saturated rings. The van der Waals surface area contributed by atoms with E-state index in [-0.39, 0.29) is 29.3 Å². The van der Waals surface area contributed by atoms with E-state index in [1.165, 1.54) is 25.3 Å². The molecule has 2 aromatic rings. The summed E-state index contributed by atoms with van der Waals surface area (Å²) >= 11 is 0. The van der Waals surface area contributed by atoms with Crippen LogP contribution in [0.3, 0.4) is 0 Å². The second-order valence-corrected chi connectivity index (χ2v) is 6.54. The number of carbonyl (C=O) groups excluding carboxylic acids is 1. The molecule has 0 heterocycles. The van der Waals surface area contributed by atoms with Crippen molar-refractivity contribution in [3.8, 4) is 0 Å². The Hall–Kier alpha value is -2.45. The first-order chi connectivity index (χ1) is 11.4. The van der Waals surface area contributed by atoms with Crippen molar-refractivity contribution in [1.82, 2.24) is 5.32 Å². The smallest absolute Gasteiger partial charge is 0.261 e. The first kappa shape index (κ1) is 17.9. The lowest BCUT2D eigenvalue weighted by Crippen LogP contribution is -2.27. The van der Waals surface area contributed by atoms with Gasteiger partial charge in [-0.1, -0.05) is 18.2 Å². The Morgan fingerprint density at radius 3 is 2.54 bits per heavy atom. The first-order valence-electron chi connectivity index (χ1n) is 7.08. The van der Waals surface area contributed by atoms with Crippen molar-refractivity contribution >= 4 is 21.6 Å². The molecule has 0 bridgehead atoms. The standard InChI is InChI=1S/C16H17FN2O4S/c1-23-10-9-18-16(20)14-11-12(7-8-15(14)17)19-24(21,22)13-5-3-2-4-6-13/h2-8,11,19H,9-10H2,1H3,(H,18,20). The fourth-order valence-electron chi connectivity index (χ4n) is 1.94. The van der Waals surface area contributed by atoms with Crippen molar-refractivity contribution in [2.24, 2.45) is 0 Å². The number of sulfonamides is 1. The molecule has 0 saturated carbocycles. The van der Waals surface area contributed by atoms with Crippen molar-refractivity contribution in [2.45, 2.75) is 4.90 Å². The normalized spacial score (nSPS) is 11.1. The fraction of sp³-hybridized carbons (Fsp3) is 0.188. The SMILES string of the molecule is COCCNC(=O)c1cc(NS(=O)(=O)c2ccccc2)ccc1F. The number of carbonyl (C=O) groups is 1. The van der Waals surface area contributed by atoms with Gasteiger partial charge in [0.15, 0.2) is 0 Å². The van der Waals surface area contributed by atoms with Crippen LogP contribution in [0.2, 0.25) is 0 Å². The van der Waals surface area contributed by atoms with E-state index in [1.54, 1.807) is 18.2 Å². The number of amides is 1. The van der Waals surface area contributed by atoms with Crippen molar-refractivity contribution in [3.05, 3.63) is 59.9 Å². The van der Waals surface area contributed by atoms with Gasteiger partial charge in [0.2, 0.25) is 0 Å². The molecule has 2 rings (SSSR count). The van der Waals surface area contributed by atoms with Crippen LogP contribution in [-0.4, -0.2) is 34.6 Å². The van der Waals surface area contributed by atoms with Gasteiger partial charge in [-0.05, 0) is 30.3 Å². The molecule has 6 nitrogen and oxygen atoms in total. The summed E-state index contributed by atoms with van der Waals surface area (Å²) in [4.78, 5) is 12.0. The lowest BCUT2D eigenvalue weighted by Gasteiger charge is -2.10. The third-order valence-electron chi connectivity index (χ3n) is 3.11. The summed E-state index contributed by atoms with van der Waals surface area (Å²) in [5.74, 6) is -1.39. The number of benzene rings is 2. The molecule has 0 aliphatic carbocycles. The van der Waals surface area contributed by atoms with E-state index in [1.807, 2.05) is 0 Å². The predicted octanol–water partition coefficient (Wildman–Crippen LogP) is 2.00. The summed E-state index contributed by atoms with van der Waals surface area (Å²) in [7, 11) is -2.34. The predicted molar refractivity (Wildman–Crippen MR) is 87.9 cm³/mol. The minimum Gasteiger partial charge on any atom is -0.383 e. The zero-order valence-electron chi connectivity index (χ0n) is 13.0. The summed E-state index contributed by atoms with van der Waals surface area (Å²) in [5, 5.41) is 2.48. The number of hydrogen-bond acceptors (Lipinski definition) is 4. The molecule has 0 radical (unpaired) electrons. The van der Waals surface area contributed by atoms with Gasteiger partial charge in [-0.3, -0.25) is 9.52 Å². The highest BCUT2D eigenvalue weighted by Crippen LogP contribution is 2.19. The Kier molecular flexibility index (Phi) is 5.88. The third kappa shape index (κ3) is 4.53. The molecule has 0 aliphatic heterocycles. The van der Waals surface area contributed by atoms with E-state index in [0.717, 1.165) is 12.1 Å². The maximum Gasteiger partial charge on any atom is 0.261 e. The number of anilines is 1. The second-order valence-electron chi connectivity index (χ2n) is 4.86. The first-order valence-corrected chi connectivity index (χ1v) is 8.57. The van der Waals surface area contributed by atoms with Crippen molar-refractivity contribution < 1.29 is 22.3 Å². The third-order valence-corrected chi connectivity index (χ3v) is 4.51. The molecule has 24 heavy (non-hydrogen) atoms. The van der Waals surface area contributed by atoms with E-state index >= 15 is 0 Å². The highest BCUT2D eigenvalue weighted by molar-refractivity contribution is 7.92. The number of methoxy groups -OCH3 is 1. The van der Waals surface area contributed by atoms with Crippen LogP contribution in [0, 0.1) is 5.82 Å². The minimum absolute atomic E-state index is 0.0698. The van der Waals surface area contributed by atoms with Gasteiger partial charge in [-0.15, -0.1) is 0 Å². The lowest BCUT2D eigenvalue weighted by atomic mass is 10.2. The average molecular weight is 352 g/mol. The van der Waals surface area contributed by atoms with Gasteiger partial charge in [0.05, 0.1) is 17.1 Å². The monoisotopic (exact) mass is 352 g/mol. The highest BCUT2D eigenvalue weighted by Gasteiger charge is 2.17. The van der Waals surface area contributed by atoms with E-state index in [9.17, 15) is 17.6 Å². The molecular formula is C16H17FN2O4S. The molecule has 0 aliphatic rings. The summed E-state index contributed by atoms with van der Waals surface area (Å²) in [6.07, 6.45) is 0. The molecule has 128 valence electrons. The molecule has 1 amide bonds. The molecule has 2 aromatic carbocycles. The quantitative estimate of drug-likeness (QED) is 0.747. The Balaban J connectivity index is 2.20.